The molecule has 0 bridgehead atoms. The first-order chi connectivity index (χ1) is 10.4. The highest BCUT2D eigenvalue weighted by molar-refractivity contribution is 7.80. The van der Waals surface area contributed by atoms with E-state index in [0.717, 1.165) is 25.9 Å². The zero-order valence-electron chi connectivity index (χ0n) is 14.1. The maximum atomic E-state index is 9.22. The minimum Gasteiger partial charge on any atom is -0.726 e. The first-order valence-electron chi connectivity index (χ1n) is 7.92. The van der Waals surface area contributed by atoms with Crippen molar-refractivity contribution in [1.29, 1.82) is 0 Å². The average molecular weight is 336 g/mol. The molecule has 0 radical (unpaired) electrons. The Hall–Kier alpha value is -0.690. The number of hydrogen-bond donors (Lipinski definition) is 1. The first-order valence-corrected chi connectivity index (χ1v) is 9.25. The predicted molar refractivity (Wildman–Crippen MR) is 90.2 cm³/mol. The molecule has 5 nitrogen and oxygen atoms in total. The Balaban J connectivity index is 0. The lowest BCUT2D eigenvalue weighted by atomic mass is 9.94. The van der Waals surface area contributed by atoms with Gasteiger partial charge < -0.3 is 9.87 Å². The number of hydrogen-bond acceptors (Lipinski definition) is 4. The van der Waals surface area contributed by atoms with E-state index >= 15 is 0 Å². The van der Waals surface area contributed by atoms with E-state index in [4.69, 9.17) is 0 Å². The van der Waals surface area contributed by atoms with Crippen LogP contribution in [0.4, 0.5) is 0 Å². The second-order valence-electron chi connectivity index (χ2n) is 5.24. The monoisotopic (exact) mass is 335 g/mol. The van der Waals surface area contributed by atoms with E-state index in [-0.39, 0.29) is 0 Å². The maximum Gasteiger partial charge on any atom is 0.217 e. The average Bonchev–Trinajstić information content (AvgIpc) is 2.46. The molecule has 0 aromatic rings. The largest absolute Gasteiger partial charge is 0.726 e. The van der Waals surface area contributed by atoms with Crippen LogP contribution in [-0.2, 0) is 14.6 Å². The first kappa shape index (κ1) is 23.6. The van der Waals surface area contributed by atoms with Crippen molar-refractivity contribution >= 4 is 10.4 Å². The number of unbranched alkanes of at least 4 members (excludes halogenated alkanes) is 4. The van der Waals surface area contributed by atoms with Crippen LogP contribution in [-0.4, -0.2) is 33.7 Å². The summed E-state index contributed by atoms with van der Waals surface area (Å²) >= 11 is 0. The molecule has 0 aromatic heterocycles. The van der Waals surface area contributed by atoms with Gasteiger partial charge in [0.05, 0.1) is 20.7 Å². The Morgan fingerprint density at radius 2 is 1.55 bits per heavy atom. The number of allylic oxidation sites excluding steroid dienone is 2. The molecule has 0 aliphatic rings. The fraction of sp³-hybridized carbons (Fsp3) is 0.750. The molecule has 0 spiro atoms. The molecule has 0 atom stereocenters. The van der Waals surface area contributed by atoms with Gasteiger partial charge in [0.2, 0.25) is 10.4 Å². The highest BCUT2D eigenvalue weighted by Gasteiger charge is 2.04. The molecule has 22 heavy (non-hydrogen) atoms. The van der Waals surface area contributed by atoms with Crippen molar-refractivity contribution in [2.45, 2.75) is 51.4 Å². The second kappa shape index (κ2) is 16.7. The summed E-state index contributed by atoms with van der Waals surface area (Å²) in [5, 5.41) is 2.27. The standard InChI is InChI=1S/C15H29N.CH4O4S/c1-4-11-15(12-5-2)13-9-7-6-8-10-14-16-3;1-5-6(2,3)4/h4-5,15-16H,1-2,6-14H2,3H3;1H3,(H,2,3,4). The highest BCUT2D eigenvalue weighted by atomic mass is 32.3. The van der Waals surface area contributed by atoms with Gasteiger partial charge in [-0.25, -0.2) is 8.42 Å². The van der Waals surface area contributed by atoms with Gasteiger partial charge in [-0.15, -0.1) is 13.2 Å². The molecule has 0 aromatic carbocycles. The predicted octanol–water partition coefficient (Wildman–Crippen LogP) is 2.38. The molecule has 6 heteroatoms. The molecule has 0 aliphatic heterocycles. The molecular weight excluding hydrogens is 302 g/mol. The third-order valence-electron chi connectivity index (χ3n) is 3.31. The van der Waals surface area contributed by atoms with Gasteiger partial charge in [0, 0.05) is 0 Å². The Bertz CT molecular complexity index is 345. The molecule has 2 N–H and O–H groups in total. The van der Waals surface area contributed by atoms with Crippen LogP contribution in [0, 0.1) is 5.92 Å². The summed E-state index contributed by atoms with van der Waals surface area (Å²) in [5.41, 5.74) is 0. The quantitative estimate of drug-likeness (QED) is 0.242. The Labute approximate surface area is 136 Å². The van der Waals surface area contributed by atoms with Gasteiger partial charge >= 0.3 is 0 Å². The topological polar surface area (TPSA) is 83.0 Å². The molecule has 0 heterocycles. The molecule has 0 saturated carbocycles. The smallest absolute Gasteiger partial charge is 0.217 e. The summed E-state index contributed by atoms with van der Waals surface area (Å²) in [5.74, 6) is 0.791. The third kappa shape index (κ3) is 21.6. The van der Waals surface area contributed by atoms with Crippen molar-refractivity contribution in [3.63, 3.8) is 0 Å². The molecular formula is C16H33NO4S. The summed E-state index contributed by atoms with van der Waals surface area (Å²) in [4.78, 5) is 0. The Morgan fingerprint density at radius 3 is 1.95 bits per heavy atom. The molecule has 0 aliphatic carbocycles. The van der Waals surface area contributed by atoms with Crippen molar-refractivity contribution < 1.29 is 22.5 Å². The summed E-state index contributed by atoms with van der Waals surface area (Å²) in [6.45, 7) is 8.93. The van der Waals surface area contributed by atoms with Crippen molar-refractivity contribution in [3.8, 4) is 0 Å². The van der Waals surface area contributed by atoms with E-state index in [1.54, 1.807) is 0 Å². The van der Waals surface area contributed by atoms with Crippen molar-refractivity contribution in [2.24, 2.45) is 5.92 Å². The normalized spacial score (nSPS) is 10.9. The number of rotatable bonds is 13. The van der Waals surface area contributed by atoms with Gasteiger partial charge in [-0.3, -0.25) is 4.18 Å². The Morgan fingerprint density at radius 1 is 1.09 bits per heavy atom. The lowest BCUT2D eigenvalue weighted by Crippen LogP contribution is -2.79. The molecule has 0 unspecified atom stereocenters. The van der Waals surface area contributed by atoms with Crippen LogP contribution >= 0.6 is 0 Å². The van der Waals surface area contributed by atoms with E-state index in [0.29, 0.717) is 0 Å². The maximum absolute atomic E-state index is 9.22. The zero-order chi connectivity index (χ0) is 17.3. The van der Waals surface area contributed by atoms with Gasteiger partial charge in [0.1, 0.15) is 0 Å². The van der Waals surface area contributed by atoms with Crippen molar-refractivity contribution in [1.82, 2.24) is 0 Å². The van der Waals surface area contributed by atoms with Gasteiger partial charge in [-0.05, 0) is 38.0 Å². The van der Waals surface area contributed by atoms with Crippen LogP contribution in [0.3, 0.4) is 0 Å². The van der Waals surface area contributed by atoms with E-state index in [1.807, 2.05) is 12.2 Å². The van der Waals surface area contributed by atoms with Crippen molar-refractivity contribution in [2.75, 3.05) is 20.7 Å². The summed E-state index contributed by atoms with van der Waals surface area (Å²) < 4.78 is 31.0. The Kier molecular flexibility index (Phi) is 17.9. The van der Waals surface area contributed by atoms with Gasteiger partial charge in [0.15, 0.2) is 0 Å². The molecule has 0 saturated heterocycles. The fourth-order valence-electron chi connectivity index (χ4n) is 2.12. The second-order valence-corrected chi connectivity index (χ2v) is 6.39. The van der Waals surface area contributed by atoms with E-state index in [2.05, 4.69) is 29.7 Å². The fourth-order valence-corrected chi connectivity index (χ4v) is 2.12. The van der Waals surface area contributed by atoms with Crippen LogP contribution in [0.1, 0.15) is 51.4 Å². The van der Waals surface area contributed by atoms with Gasteiger partial charge in [0.25, 0.3) is 0 Å². The molecule has 132 valence electrons. The summed E-state index contributed by atoms with van der Waals surface area (Å²) in [6, 6.07) is 0. The minimum atomic E-state index is -4.41. The zero-order valence-corrected chi connectivity index (χ0v) is 14.9. The molecule has 0 rings (SSSR count). The van der Waals surface area contributed by atoms with Crippen LogP contribution < -0.4 is 5.32 Å². The third-order valence-corrected chi connectivity index (χ3v) is 3.72. The lowest BCUT2D eigenvalue weighted by Gasteiger charge is -2.12. The summed E-state index contributed by atoms with van der Waals surface area (Å²) in [6.07, 6.45) is 14.7. The van der Waals surface area contributed by atoms with Gasteiger partial charge in [-0.2, -0.15) is 0 Å². The van der Waals surface area contributed by atoms with E-state index in [1.165, 1.54) is 45.1 Å². The highest BCUT2D eigenvalue weighted by Crippen LogP contribution is 2.18. The number of nitrogens with two attached hydrogens (primary N) is 1. The number of quaternary nitrogens is 1. The van der Waals surface area contributed by atoms with Crippen molar-refractivity contribution in [3.05, 3.63) is 25.3 Å². The van der Waals surface area contributed by atoms with Crippen LogP contribution in [0.15, 0.2) is 25.3 Å². The summed E-state index contributed by atoms with van der Waals surface area (Å²) in [7, 11) is -1.46. The van der Waals surface area contributed by atoms with Crippen LogP contribution in [0.5, 0.6) is 0 Å². The van der Waals surface area contributed by atoms with E-state index in [9.17, 15) is 13.0 Å². The van der Waals surface area contributed by atoms with Crippen LogP contribution in [0.25, 0.3) is 0 Å². The lowest BCUT2D eigenvalue weighted by molar-refractivity contribution is -0.627. The van der Waals surface area contributed by atoms with E-state index < -0.39 is 10.4 Å². The van der Waals surface area contributed by atoms with Gasteiger partial charge in [-0.1, -0.05) is 31.4 Å². The minimum absolute atomic E-state index is 0.791. The SMILES string of the molecule is C=CCC(CC=C)CCCCCCC[NH2+]C.COS(=O)(=O)[O-]. The van der Waals surface area contributed by atoms with Crippen LogP contribution in [0.2, 0.25) is 0 Å². The molecule has 0 amide bonds. The molecule has 0 fully saturated rings.